The molecule has 1 fully saturated rings. The zero-order valence-corrected chi connectivity index (χ0v) is 16.8. The average molecular weight is 352 g/mol. The molecule has 1 saturated carbocycles. The van der Waals surface area contributed by atoms with Crippen molar-refractivity contribution in [3.63, 3.8) is 0 Å². The van der Waals surface area contributed by atoms with E-state index in [1.54, 1.807) is 12.2 Å². The van der Waals surface area contributed by atoms with Crippen LogP contribution in [0.4, 0.5) is 0 Å². The van der Waals surface area contributed by atoms with Gasteiger partial charge in [-0.15, -0.1) is 0 Å². The second-order valence-electron chi connectivity index (χ2n) is 8.49. The Kier molecular flexibility index (Phi) is 11.5. The summed E-state index contributed by atoms with van der Waals surface area (Å²) in [6.07, 6.45) is 11.1. The Bertz CT molecular complexity index is 462. The smallest absolute Gasteiger partial charge is 0.235 e. The van der Waals surface area contributed by atoms with Gasteiger partial charge in [-0.3, -0.25) is 0 Å². The van der Waals surface area contributed by atoms with E-state index in [4.69, 9.17) is 5.73 Å². The van der Waals surface area contributed by atoms with Gasteiger partial charge in [0.1, 0.15) is 0 Å². The Morgan fingerprint density at radius 3 is 2.32 bits per heavy atom. The van der Waals surface area contributed by atoms with Crippen molar-refractivity contribution in [2.45, 2.75) is 85.6 Å². The van der Waals surface area contributed by atoms with Crippen molar-refractivity contribution in [3.8, 4) is 0 Å². The summed E-state index contributed by atoms with van der Waals surface area (Å²) in [5, 5.41) is 0. The normalized spacial score (nSPS) is 25.6. The van der Waals surface area contributed by atoms with Crippen LogP contribution in [0.5, 0.6) is 0 Å². The van der Waals surface area contributed by atoms with Crippen molar-refractivity contribution in [1.82, 2.24) is 0 Å². The van der Waals surface area contributed by atoms with Gasteiger partial charge in [0.15, 0.2) is 0 Å². The largest absolute Gasteiger partial charge is 0.330 e. The standard InChI is InChI=1S/C12H18N2O2.C8H19N/c1-11(2)4-10(14-9-16)5-12(3,6-11)7-13-8-15;1-3-5-6-8(4-2)7-9/h10H,4-7H2,1-3H3;8H,3-7,9H2,1-2H3. The van der Waals surface area contributed by atoms with Gasteiger partial charge in [0.2, 0.25) is 12.2 Å². The highest BCUT2D eigenvalue weighted by Gasteiger charge is 2.41. The molecule has 0 aliphatic heterocycles. The molecule has 5 heteroatoms. The van der Waals surface area contributed by atoms with E-state index in [2.05, 4.69) is 44.6 Å². The van der Waals surface area contributed by atoms with Gasteiger partial charge in [-0.05, 0) is 49.0 Å². The third-order valence-electron chi connectivity index (χ3n) is 5.06. The molecule has 0 saturated heterocycles. The van der Waals surface area contributed by atoms with Gasteiger partial charge >= 0.3 is 0 Å². The summed E-state index contributed by atoms with van der Waals surface area (Å²) < 4.78 is 0. The third-order valence-corrected chi connectivity index (χ3v) is 5.06. The lowest BCUT2D eigenvalue weighted by molar-refractivity contribution is 0.0915. The van der Waals surface area contributed by atoms with Gasteiger partial charge in [0.25, 0.3) is 0 Å². The van der Waals surface area contributed by atoms with Crippen molar-refractivity contribution in [2.24, 2.45) is 32.5 Å². The van der Waals surface area contributed by atoms with Crippen molar-refractivity contribution >= 4 is 12.2 Å². The lowest BCUT2D eigenvalue weighted by atomic mass is 9.63. The van der Waals surface area contributed by atoms with Gasteiger partial charge < -0.3 is 5.73 Å². The molecular weight excluding hydrogens is 314 g/mol. The van der Waals surface area contributed by atoms with Crippen LogP contribution in [-0.4, -0.2) is 31.3 Å². The molecule has 0 bridgehead atoms. The van der Waals surface area contributed by atoms with Crippen LogP contribution in [0.25, 0.3) is 0 Å². The first-order valence-corrected chi connectivity index (χ1v) is 9.56. The number of rotatable bonds is 8. The average Bonchev–Trinajstić information content (AvgIpc) is 2.53. The van der Waals surface area contributed by atoms with E-state index >= 15 is 0 Å². The number of hydrogen-bond acceptors (Lipinski definition) is 5. The maximum Gasteiger partial charge on any atom is 0.235 e. The van der Waals surface area contributed by atoms with E-state index in [0.717, 1.165) is 31.7 Å². The molecule has 144 valence electrons. The highest BCUT2D eigenvalue weighted by Crippen LogP contribution is 2.47. The SMILES string of the molecule is CC1(C)CC(N=C=O)CC(C)(CN=C=O)C1.CCCCC(CC)CN. The molecule has 0 spiro atoms. The zero-order chi connectivity index (χ0) is 19.3. The van der Waals surface area contributed by atoms with E-state index in [9.17, 15) is 9.59 Å². The van der Waals surface area contributed by atoms with Gasteiger partial charge in [-0.25, -0.2) is 19.6 Å². The predicted octanol–water partition coefficient (Wildman–Crippen LogP) is 4.40. The topological polar surface area (TPSA) is 84.9 Å². The number of hydrogen-bond donors (Lipinski definition) is 1. The monoisotopic (exact) mass is 351 g/mol. The Morgan fingerprint density at radius 2 is 1.84 bits per heavy atom. The van der Waals surface area contributed by atoms with Crippen molar-refractivity contribution < 1.29 is 9.59 Å². The van der Waals surface area contributed by atoms with Gasteiger partial charge in [0.05, 0.1) is 12.6 Å². The minimum absolute atomic E-state index is 0.00750. The molecule has 3 unspecified atom stereocenters. The fourth-order valence-corrected chi connectivity index (χ4v) is 4.07. The molecular formula is C20H37N3O2. The Hall–Kier alpha value is -1.28. The third kappa shape index (κ3) is 10.3. The zero-order valence-electron chi connectivity index (χ0n) is 16.8. The first-order chi connectivity index (χ1) is 11.8. The number of carbonyl (C=O) groups excluding carboxylic acids is 2. The van der Waals surface area contributed by atoms with Crippen LogP contribution in [0.15, 0.2) is 9.98 Å². The predicted molar refractivity (Wildman–Crippen MR) is 103 cm³/mol. The van der Waals surface area contributed by atoms with Gasteiger partial charge in [0, 0.05) is 0 Å². The summed E-state index contributed by atoms with van der Waals surface area (Å²) in [5.74, 6) is 0.782. The Morgan fingerprint density at radius 1 is 1.16 bits per heavy atom. The molecule has 25 heavy (non-hydrogen) atoms. The molecule has 0 radical (unpaired) electrons. The lowest BCUT2D eigenvalue weighted by Gasteiger charge is -2.44. The van der Waals surface area contributed by atoms with Crippen molar-refractivity contribution in [3.05, 3.63) is 0 Å². The van der Waals surface area contributed by atoms with Crippen LogP contribution in [0.1, 0.15) is 79.6 Å². The molecule has 0 amide bonds. The van der Waals surface area contributed by atoms with Crippen LogP contribution in [0.3, 0.4) is 0 Å². The summed E-state index contributed by atoms with van der Waals surface area (Å²) in [7, 11) is 0. The molecule has 0 aromatic carbocycles. The number of aliphatic imine (C=N–C) groups is 2. The van der Waals surface area contributed by atoms with E-state index in [-0.39, 0.29) is 16.9 Å². The molecule has 0 heterocycles. The summed E-state index contributed by atoms with van der Waals surface area (Å²) in [5.41, 5.74) is 5.58. The van der Waals surface area contributed by atoms with Crippen molar-refractivity contribution in [1.29, 1.82) is 0 Å². The summed E-state index contributed by atoms with van der Waals surface area (Å²) in [4.78, 5) is 28.0. The molecule has 2 N–H and O–H groups in total. The summed E-state index contributed by atoms with van der Waals surface area (Å²) in [6.45, 7) is 12.2. The summed E-state index contributed by atoms with van der Waals surface area (Å²) >= 11 is 0. The van der Waals surface area contributed by atoms with Crippen molar-refractivity contribution in [2.75, 3.05) is 13.1 Å². The van der Waals surface area contributed by atoms with Crippen LogP contribution in [0, 0.1) is 16.7 Å². The number of nitrogens with two attached hydrogens (primary N) is 1. The minimum atomic E-state index is -0.0653. The second kappa shape index (κ2) is 12.1. The fraction of sp³-hybridized carbons (Fsp3) is 0.900. The van der Waals surface area contributed by atoms with E-state index < -0.39 is 0 Å². The summed E-state index contributed by atoms with van der Waals surface area (Å²) in [6, 6.07) is 0.00750. The maximum atomic E-state index is 10.3. The Balaban J connectivity index is 0.000000547. The maximum absolute atomic E-state index is 10.3. The van der Waals surface area contributed by atoms with E-state index in [0.29, 0.717) is 6.54 Å². The fourth-order valence-electron chi connectivity index (χ4n) is 4.07. The van der Waals surface area contributed by atoms with Crippen LogP contribution >= 0.6 is 0 Å². The molecule has 0 aromatic rings. The first kappa shape index (κ1) is 23.7. The van der Waals surface area contributed by atoms with Crippen LogP contribution < -0.4 is 5.73 Å². The first-order valence-electron chi connectivity index (χ1n) is 9.56. The quantitative estimate of drug-likeness (QED) is 0.519. The number of unbranched alkanes of at least 4 members (excludes halogenated alkanes) is 1. The molecule has 1 aliphatic rings. The molecule has 3 atom stereocenters. The molecule has 1 rings (SSSR count). The van der Waals surface area contributed by atoms with Crippen LogP contribution in [-0.2, 0) is 9.59 Å². The second-order valence-corrected chi connectivity index (χ2v) is 8.49. The molecule has 5 nitrogen and oxygen atoms in total. The number of nitrogens with zero attached hydrogens (tertiary/aromatic N) is 2. The number of isocyanates is 2. The Labute approximate surface area is 153 Å². The van der Waals surface area contributed by atoms with E-state index in [1.165, 1.54) is 25.7 Å². The van der Waals surface area contributed by atoms with E-state index in [1.807, 2.05) is 0 Å². The molecule has 1 aliphatic carbocycles. The van der Waals surface area contributed by atoms with Gasteiger partial charge in [-0.2, -0.15) is 0 Å². The lowest BCUT2D eigenvalue weighted by Crippen LogP contribution is -2.39. The minimum Gasteiger partial charge on any atom is -0.330 e. The van der Waals surface area contributed by atoms with Crippen LogP contribution in [0.2, 0.25) is 0 Å². The highest BCUT2D eigenvalue weighted by atomic mass is 16.1. The highest BCUT2D eigenvalue weighted by molar-refractivity contribution is 5.34. The molecule has 0 aromatic heterocycles. The van der Waals surface area contributed by atoms with Gasteiger partial charge in [-0.1, -0.05) is 53.9 Å².